The minimum atomic E-state index is -2.54. The van der Waals surface area contributed by atoms with E-state index in [0.29, 0.717) is 0 Å². The predicted molar refractivity (Wildman–Crippen MR) is 95.7 cm³/mol. The van der Waals surface area contributed by atoms with Crippen LogP contribution in [0.2, 0.25) is 0 Å². The summed E-state index contributed by atoms with van der Waals surface area (Å²) in [5, 5.41) is 6.70. The molecule has 0 aliphatic heterocycles. The van der Waals surface area contributed by atoms with Crippen molar-refractivity contribution in [1.29, 1.82) is 0 Å². The van der Waals surface area contributed by atoms with Crippen molar-refractivity contribution in [3.63, 3.8) is 0 Å². The third-order valence-electron chi connectivity index (χ3n) is 3.90. The van der Waals surface area contributed by atoms with E-state index in [4.69, 9.17) is 0 Å². The summed E-state index contributed by atoms with van der Waals surface area (Å²) < 4.78 is 0. The third-order valence-corrected chi connectivity index (χ3v) is 8.04. The van der Waals surface area contributed by atoms with Gasteiger partial charge in [-0.3, -0.25) is 0 Å². The van der Waals surface area contributed by atoms with Crippen molar-refractivity contribution in [1.82, 2.24) is 5.09 Å². The van der Waals surface area contributed by atoms with Crippen molar-refractivity contribution in [3.8, 4) is 0 Å². The van der Waals surface area contributed by atoms with Gasteiger partial charge in [-0.1, -0.05) is 0 Å². The van der Waals surface area contributed by atoms with E-state index in [1.165, 1.54) is 15.9 Å². The fourth-order valence-corrected chi connectivity index (χ4v) is 6.66. The number of nitrogens with one attached hydrogen (secondary N) is 1. The summed E-state index contributed by atoms with van der Waals surface area (Å²) in [7, 11) is -2.54. The van der Waals surface area contributed by atoms with E-state index in [1.807, 2.05) is 54.6 Å². The summed E-state index contributed by atoms with van der Waals surface area (Å²) in [6.45, 7) is 0. The van der Waals surface area contributed by atoms with Gasteiger partial charge in [-0.2, -0.15) is 0 Å². The number of benzene rings is 3. The Balaban J connectivity index is 2.31. The second kappa shape index (κ2) is 6.55. The molecule has 0 saturated heterocycles. The van der Waals surface area contributed by atoms with E-state index < -0.39 is 7.41 Å². The first kappa shape index (κ1) is 14.5. The molecule has 3 aromatic rings. The van der Waals surface area contributed by atoms with Gasteiger partial charge in [0.05, 0.1) is 0 Å². The van der Waals surface area contributed by atoms with E-state index in [-0.39, 0.29) is 0 Å². The molecule has 0 aliphatic carbocycles. The molecule has 0 heterocycles. The molecule has 2 nitrogen and oxygen atoms in total. The molecule has 1 N–H and O–H groups in total. The first-order valence-corrected chi connectivity index (χ1v) is 9.26. The molecule has 0 unspecified atom stereocenters. The van der Waals surface area contributed by atoms with Gasteiger partial charge >= 0.3 is 131 Å². The van der Waals surface area contributed by atoms with Gasteiger partial charge in [0.25, 0.3) is 0 Å². The Kier molecular flexibility index (Phi) is 4.32. The van der Waals surface area contributed by atoms with Gasteiger partial charge in [-0.25, -0.2) is 0 Å². The van der Waals surface area contributed by atoms with Gasteiger partial charge in [0, 0.05) is 0 Å². The molecular weight excluding hydrogens is 289 g/mol. The van der Waals surface area contributed by atoms with Crippen LogP contribution >= 0.6 is 7.41 Å². The summed E-state index contributed by atoms with van der Waals surface area (Å²) in [5.41, 5.74) is 0. The van der Waals surface area contributed by atoms with E-state index in [9.17, 15) is 4.79 Å². The standard InChI is InChI=1S/C19H18NOP/c21-16-20-22(17-10-4-1-5-11-17,18-12-6-2-7-13-18)19-14-8-3-9-15-19/h1-16,22H,(H,20,21). The molecule has 1 amide bonds. The Bertz CT molecular complexity index is 632. The Morgan fingerprint density at radius 1 is 0.591 bits per heavy atom. The Labute approximate surface area is 131 Å². The Morgan fingerprint density at radius 3 is 1.18 bits per heavy atom. The molecule has 0 saturated carbocycles. The summed E-state index contributed by atoms with van der Waals surface area (Å²) >= 11 is 0. The number of carbonyl (C=O) groups excluding carboxylic acids is 1. The fraction of sp³-hybridized carbons (Fsp3) is 0. The third kappa shape index (κ3) is 2.54. The van der Waals surface area contributed by atoms with Crippen LogP contribution < -0.4 is 21.0 Å². The quantitative estimate of drug-likeness (QED) is 0.569. The zero-order valence-electron chi connectivity index (χ0n) is 12.1. The van der Waals surface area contributed by atoms with E-state index >= 15 is 0 Å². The van der Waals surface area contributed by atoms with Crippen LogP contribution in [0.15, 0.2) is 91.0 Å². The molecule has 0 atom stereocenters. The Morgan fingerprint density at radius 2 is 0.909 bits per heavy atom. The molecular formula is C19H18NOP. The van der Waals surface area contributed by atoms with Gasteiger partial charge in [0.1, 0.15) is 0 Å². The number of carbonyl (C=O) groups is 1. The predicted octanol–water partition coefficient (Wildman–Crippen LogP) is 2.37. The van der Waals surface area contributed by atoms with Crippen molar-refractivity contribution in [2.75, 3.05) is 0 Å². The monoisotopic (exact) mass is 307 g/mol. The molecule has 0 aromatic heterocycles. The first-order chi connectivity index (χ1) is 10.9. The zero-order chi connectivity index (χ0) is 15.3. The number of amides is 1. The van der Waals surface area contributed by atoms with Gasteiger partial charge in [-0.05, 0) is 0 Å². The van der Waals surface area contributed by atoms with Gasteiger partial charge in [-0.15, -0.1) is 0 Å². The van der Waals surface area contributed by atoms with Crippen molar-refractivity contribution in [2.24, 2.45) is 0 Å². The summed E-state index contributed by atoms with van der Waals surface area (Å²) in [4.78, 5) is 11.5. The van der Waals surface area contributed by atoms with Crippen LogP contribution in [-0.2, 0) is 4.79 Å². The number of hydrogen-bond donors (Lipinski definition) is 1. The van der Waals surface area contributed by atoms with Gasteiger partial charge < -0.3 is 0 Å². The van der Waals surface area contributed by atoms with Crippen LogP contribution in [0.3, 0.4) is 0 Å². The van der Waals surface area contributed by atoms with Crippen LogP contribution in [0.4, 0.5) is 0 Å². The van der Waals surface area contributed by atoms with E-state index in [1.54, 1.807) is 0 Å². The van der Waals surface area contributed by atoms with Crippen LogP contribution in [0, 0.1) is 0 Å². The zero-order valence-corrected chi connectivity index (χ0v) is 13.1. The molecule has 3 rings (SSSR count). The average molecular weight is 307 g/mol. The van der Waals surface area contributed by atoms with Gasteiger partial charge in [0.15, 0.2) is 0 Å². The molecule has 0 spiro atoms. The van der Waals surface area contributed by atoms with Gasteiger partial charge in [0.2, 0.25) is 0 Å². The van der Waals surface area contributed by atoms with E-state index in [2.05, 4.69) is 41.5 Å². The maximum atomic E-state index is 11.5. The average Bonchev–Trinajstić information content (AvgIpc) is 2.62. The topological polar surface area (TPSA) is 29.1 Å². The fourth-order valence-electron chi connectivity index (χ4n) is 2.90. The summed E-state index contributed by atoms with van der Waals surface area (Å²) in [6, 6.07) is 30.7. The second-order valence-corrected chi connectivity index (χ2v) is 8.63. The van der Waals surface area contributed by atoms with Crippen molar-refractivity contribution in [3.05, 3.63) is 91.0 Å². The minimum absolute atomic E-state index is 0.833. The van der Waals surface area contributed by atoms with Crippen molar-refractivity contribution in [2.45, 2.75) is 0 Å². The maximum absolute atomic E-state index is 11.5. The van der Waals surface area contributed by atoms with Crippen molar-refractivity contribution < 1.29 is 4.79 Å². The normalized spacial score (nSPS) is 11.6. The van der Waals surface area contributed by atoms with Crippen LogP contribution in [0.5, 0.6) is 0 Å². The second-order valence-electron chi connectivity index (χ2n) is 5.11. The van der Waals surface area contributed by atoms with Crippen LogP contribution in [-0.4, -0.2) is 6.41 Å². The summed E-state index contributed by atoms with van der Waals surface area (Å²) in [5.74, 6) is 0. The SMILES string of the molecule is O=CN[PH](c1ccccc1)(c1ccccc1)c1ccccc1. The summed E-state index contributed by atoms with van der Waals surface area (Å²) in [6.07, 6.45) is 0.833. The van der Waals surface area contributed by atoms with Crippen LogP contribution in [0.25, 0.3) is 0 Å². The first-order valence-electron chi connectivity index (χ1n) is 7.26. The number of rotatable bonds is 5. The molecule has 3 heteroatoms. The molecule has 110 valence electrons. The molecule has 0 bridgehead atoms. The molecule has 22 heavy (non-hydrogen) atoms. The molecule has 0 radical (unpaired) electrons. The van der Waals surface area contributed by atoms with E-state index in [0.717, 1.165) is 6.41 Å². The molecule has 0 aliphatic rings. The van der Waals surface area contributed by atoms with Crippen molar-refractivity contribution >= 4 is 29.7 Å². The number of hydrogen-bond acceptors (Lipinski definition) is 1. The molecule has 3 aromatic carbocycles. The Hall–Kier alpha value is -2.44. The van der Waals surface area contributed by atoms with Crippen LogP contribution in [0.1, 0.15) is 0 Å². The molecule has 0 fully saturated rings.